The van der Waals surface area contributed by atoms with Crippen molar-refractivity contribution in [1.29, 1.82) is 0 Å². The summed E-state index contributed by atoms with van der Waals surface area (Å²) in [4.78, 5) is 39.7. The third-order valence-electron chi connectivity index (χ3n) is 15.1. The number of carboxylic acids is 1. The zero-order valence-electron chi connectivity index (χ0n) is 37.2. The van der Waals surface area contributed by atoms with Crippen molar-refractivity contribution in [2.75, 3.05) is 12.4 Å². The zero-order chi connectivity index (χ0) is 43.7. The highest BCUT2D eigenvalue weighted by Gasteiger charge is 2.63. The van der Waals surface area contributed by atoms with Crippen molar-refractivity contribution in [2.45, 2.75) is 199 Å². The summed E-state index contributed by atoms with van der Waals surface area (Å²) in [7, 11) is 0. The highest BCUT2D eigenvalue weighted by atomic mass is 35.5. The number of amides is 2. The van der Waals surface area contributed by atoms with Crippen LogP contribution < -0.4 is 10.6 Å². The first kappa shape index (κ1) is 48.2. The van der Waals surface area contributed by atoms with Crippen LogP contribution in [-0.2, 0) is 33.3 Å². The minimum Gasteiger partial charge on any atom is -0.481 e. The molecular formula is C45H75ClN2O11. The number of aliphatic hydroxyl groups excluding tert-OH is 1. The Hall–Kier alpha value is -1.84. The second-order valence-electron chi connectivity index (χ2n) is 19.0. The van der Waals surface area contributed by atoms with Crippen molar-refractivity contribution < 1.29 is 53.4 Å². The van der Waals surface area contributed by atoms with Gasteiger partial charge in [0.25, 0.3) is 0 Å². The van der Waals surface area contributed by atoms with Gasteiger partial charge in [0, 0.05) is 42.5 Å². The van der Waals surface area contributed by atoms with Crippen molar-refractivity contribution in [3.05, 3.63) is 12.2 Å². The Bertz CT molecular complexity index is 1500. The monoisotopic (exact) mass is 855 g/mol. The number of aliphatic carboxylic acids is 1. The number of ketones is 1. The number of carbonyl (C=O) groups is 3. The number of carboxylic acid groups (broad SMARTS) is 1. The fourth-order valence-electron chi connectivity index (χ4n) is 11.0. The number of alkyl halides is 1. The molecule has 0 saturated carbocycles. The molecular weight excluding hydrogens is 780 g/mol. The number of hydrogen-bond donors (Lipinski definition) is 5. The zero-order valence-corrected chi connectivity index (χ0v) is 38.0. The number of urea groups is 1. The van der Waals surface area contributed by atoms with E-state index in [1.165, 1.54) is 0 Å². The predicted octanol–water partition coefficient (Wildman–Crippen LogP) is 6.73. The lowest BCUT2D eigenvalue weighted by molar-refractivity contribution is -0.397. The van der Waals surface area contributed by atoms with Gasteiger partial charge in [0.2, 0.25) is 0 Å². The summed E-state index contributed by atoms with van der Waals surface area (Å²) in [5.74, 6) is -5.78. The Labute approximate surface area is 357 Å². The minimum absolute atomic E-state index is 0.0231. The van der Waals surface area contributed by atoms with E-state index in [1.807, 2.05) is 53.7 Å². The molecule has 18 atom stereocenters. The average molecular weight is 856 g/mol. The van der Waals surface area contributed by atoms with Gasteiger partial charge in [-0.3, -0.25) is 9.59 Å². The minimum atomic E-state index is -1.34. The topological polar surface area (TPSA) is 182 Å². The first-order chi connectivity index (χ1) is 27.7. The lowest BCUT2D eigenvalue weighted by Crippen LogP contribution is -2.66. The Kier molecular flexibility index (Phi) is 15.7. The largest absolute Gasteiger partial charge is 0.481 e. The van der Waals surface area contributed by atoms with Crippen LogP contribution in [0.3, 0.4) is 0 Å². The molecule has 14 heteroatoms. The Morgan fingerprint density at radius 3 is 2.22 bits per heavy atom. The molecule has 0 bridgehead atoms. The normalized spacial score (nSPS) is 42.5. The number of nitrogens with one attached hydrogen (secondary N) is 2. The summed E-state index contributed by atoms with van der Waals surface area (Å²) in [5, 5.41) is 38.7. The quantitative estimate of drug-likeness (QED) is 0.0870. The third-order valence-corrected chi connectivity index (χ3v) is 15.3. The number of ether oxygens (including phenoxy) is 5. The molecule has 0 aliphatic carbocycles. The lowest BCUT2D eigenvalue weighted by Gasteiger charge is -2.55. The SMILES string of the molecule is CC[C@@H](C(=O)[C@@H](C)[C@@H](O)[C@H](C)[C@@H]1O[C@@H]([C@@H](CC)C(=O)O)CC[C@@H]1C)[C@H]1O[C@]2(C=C[C@@H](NC(=O)NCCCl)[C@]3(CC[C@@](C)([C@H]4CC[C@](O)(CC)[C@H](C)O4)O3)O2)[C@H](C)C[C@@H]1C. The average Bonchev–Trinajstić information content (AvgIpc) is 3.54. The highest BCUT2D eigenvalue weighted by Crippen LogP contribution is 2.54. The molecule has 5 aliphatic rings. The fraction of sp³-hybridized carbons (Fsp3) is 0.889. The molecule has 2 spiro atoms. The van der Waals surface area contributed by atoms with Crippen LogP contribution in [0.2, 0.25) is 0 Å². The Morgan fingerprint density at radius 1 is 0.915 bits per heavy atom. The molecule has 13 nitrogen and oxygen atoms in total. The standard InChI is InChI=1S/C45H75ClN2O11/c1-11-31(40(51)52)33-15-14-25(4)38(56-33)29(8)36(49)28(7)37(50)32(12-2)39-26(5)24-27(6)44(57-39)19-16-34(48-41(53)47-23-22-46)45(59-44)21-20-42(10,58-45)35-17-18-43(54,13-3)30(9)55-35/h16,19,25-36,38-39,49,54H,11-15,17-18,20-24H2,1-10H3,(H,51,52)(H2,47,48,53)/t25-,26-,27+,28-,29-,30-,31+,32-,33+,34+,35+,36+,38+,39-,42-,43+,44-,45-/m0/s1. The molecule has 5 N–H and O–H groups in total. The van der Waals surface area contributed by atoms with Crippen LogP contribution in [0.15, 0.2) is 12.2 Å². The second kappa shape index (κ2) is 19.3. The van der Waals surface area contributed by atoms with Crippen molar-refractivity contribution in [3.63, 3.8) is 0 Å². The summed E-state index contributed by atoms with van der Waals surface area (Å²) in [6.07, 6.45) is 6.41. The van der Waals surface area contributed by atoms with E-state index in [9.17, 15) is 29.7 Å². The van der Waals surface area contributed by atoms with Gasteiger partial charge >= 0.3 is 12.0 Å². The van der Waals surface area contributed by atoms with Crippen LogP contribution in [0.5, 0.6) is 0 Å². The van der Waals surface area contributed by atoms with Crippen molar-refractivity contribution >= 4 is 29.4 Å². The molecule has 2 amide bonds. The molecule has 5 rings (SSSR count). The Morgan fingerprint density at radius 2 is 1.61 bits per heavy atom. The molecule has 338 valence electrons. The molecule has 4 saturated heterocycles. The molecule has 0 aromatic rings. The molecule has 0 radical (unpaired) electrons. The maximum Gasteiger partial charge on any atom is 0.315 e. The summed E-state index contributed by atoms with van der Waals surface area (Å²) in [6, 6.07) is -1.11. The van der Waals surface area contributed by atoms with E-state index < -0.39 is 95.0 Å². The number of Topliss-reactive ketones (excluding diaryl/α,β-unsaturated/α-hetero) is 1. The molecule has 0 aromatic heterocycles. The maximum absolute atomic E-state index is 14.6. The van der Waals surface area contributed by atoms with Crippen LogP contribution in [-0.4, -0.2) is 111 Å². The van der Waals surface area contributed by atoms with E-state index in [0.717, 1.165) is 6.42 Å². The van der Waals surface area contributed by atoms with Gasteiger partial charge in [-0.05, 0) is 89.5 Å². The van der Waals surface area contributed by atoms with E-state index in [4.69, 9.17) is 35.3 Å². The van der Waals surface area contributed by atoms with Gasteiger partial charge in [0.1, 0.15) is 11.8 Å². The summed E-state index contributed by atoms with van der Waals surface area (Å²) >= 11 is 5.88. The smallest absolute Gasteiger partial charge is 0.315 e. The van der Waals surface area contributed by atoms with Gasteiger partial charge in [0.15, 0.2) is 11.6 Å². The number of rotatable bonds is 15. The number of hydrogen-bond acceptors (Lipinski definition) is 10. The molecule has 0 unspecified atom stereocenters. The van der Waals surface area contributed by atoms with Crippen LogP contribution >= 0.6 is 11.6 Å². The molecule has 5 aliphatic heterocycles. The fourth-order valence-corrected chi connectivity index (χ4v) is 11.1. The summed E-state index contributed by atoms with van der Waals surface area (Å²) in [5.41, 5.74) is -1.72. The third kappa shape index (κ3) is 9.72. The van der Waals surface area contributed by atoms with Crippen molar-refractivity contribution in [1.82, 2.24) is 10.6 Å². The molecule has 5 heterocycles. The number of carbonyl (C=O) groups excluding carboxylic acids is 2. The first-order valence-electron chi connectivity index (χ1n) is 22.6. The van der Waals surface area contributed by atoms with Gasteiger partial charge in [0.05, 0.1) is 53.7 Å². The van der Waals surface area contributed by atoms with E-state index in [2.05, 4.69) is 31.4 Å². The van der Waals surface area contributed by atoms with Gasteiger partial charge in [-0.15, -0.1) is 11.6 Å². The van der Waals surface area contributed by atoms with Crippen LogP contribution in [0.25, 0.3) is 0 Å². The maximum atomic E-state index is 14.6. The second-order valence-corrected chi connectivity index (χ2v) is 19.4. The van der Waals surface area contributed by atoms with E-state index >= 15 is 0 Å². The van der Waals surface area contributed by atoms with Crippen molar-refractivity contribution in [3.8, 4) is 0 Å². The molecule has 59 heavy (non-hydrogen) atoms. The van der Waals surface area contributed by atoms with Gasteiger partial charge in [-0.2, -0.15) is 0 Å². The summed E-state index contributed by atoms with van der Waals surface area (Å²) in [6.45, 7) is 19.9. The van der Waals surface area contributed by atoms with Crippen LogP contribution in [0, 0.1) is 41.4 Å². The van der Waals surface area contributed by atoms with E-state index in [1.54, 1.807) is 6.92 Å². The van der Waals surface area contributed by atoms with Crippen molar-refractivity contribution in [2.24, 2.45) is 41.4 Å². The molecule has 0 aromatic carbocycles. The van der Waals surface area contributed by atoms with Gasteiger partial charge < -0.3 is 49.6 Å². The lowest BCUT2D eigenvalue weighted by atomic mass is 9.72. The van der Waals surface area contributed by atoms with E-state index in [0.29, 0.717) is 57.8 Å². The summed E-state index contributed by atoms with van der Waals surface area (Å²) < 4.78 is 34.3. The number of aliphatic hydroxyl groups is 2. The van der Waals surface area contributed by atoms with Gasteiger partial charge in [-0.1, -0.05) is 61.5 Å². The predicted molar refractivity (Wildman–Crippen MR) is 224 cm³/mol. The molecule has 4 fully saturated rings. The van der Waals surface area contributed by atoms with E-state index in [-0.39, 0.29) is 42.1 Å². The highest BCUT2D eigenvalue weighted by molar-refractivity contribution is 6.18. The van der Waals surface area contributed by atoms with Crippen LogP contribution in [0.4, 0.5) is 4.79 Å². The van der Waals surface area contributed by atoms with Crippen LogP contribution in [0.1, 0.15) is 133 Å². The number of halogens is 1. The Balaban J connectivity index is 1.38. The first-order valence-corrected chi connectivity index (χ1v) is 23.1. The van der Waals surface area contributed by atoms with Gasteiger partial charge in [-0.25, -0.2) is 4.79 Å².